The van der Waals surface area contributed by atoms with Crippen molar-refractivity contribution in [2.24, 2.45) is 0 Å². The minimum absolute atomic E-state index is 0.0123. The fourth-order valence-electron chi connectivity index (χ4n) is 2.79. The van der Waals surface area contributed by atoms with Crippen molar-refractivity contribution in [3.8, 4) is 10.4 Å². The van der Waals surface area contributed by atoms with Gasteiger partial charge in [0.1, 0.15) is 11.4 Å². The second-order valence-corrected chi connectivity index (χ2v) is 8.43. The van der Waals surface area contributed by atoms with Crippen LogP contribution in [-0.4, -0.2) is 33.4 Å². The molecule has 3 aromatic heterocycles. The van der Waals surface area contributed by atoms with Gasteiger partial charge in [0, 0.05) is 33.8 Å². The van der Waals surface area contributed by atoms with E-state index in [1.807, 2.05) is 38.3 Å². The lowest BCUT2D eigenvalue weighted by Crippen LogP contribution is -2.37. The molecule has 0 atom stereocenters. The van der Waals surface area contributed by atoms with Crippen LogP contribution in [0, 0.1) is 6.92 Å². The smallest absolute Gasteiger partial charge is 0.263 e. The van der Waals surface area contributed by atoms with Crippen molar-refractivity contribution in [3.63, 3.8) is 0 Å². The zero-order valence-electron chi connectivity index (χ0n) is 15.1. The summed E-state index contributed by atoms with van der Waals surface area (Å²) in [4.78, 5) is 34.6. The quantitative estimate of drug-likeness (QED) is 0.603. The SMILES string of the molecule is C=C(C)CN(CC)C(=O)Cn1cnc2scc(-c3ccc(C)s3)c2c1=O. The van der Waals surface area contributed by atoms with Gasteiger partial charge in [-0.15, -0.1) is 22.7 Å². The van der Waals surface area contributed by atoms with Gasteiger partial charge in [0.25, 0.3) is 5.56 Å². The largest absolute Gasteiger partial charge is 0.337 e. The van der Waals surface area contributed by atoms with Crippen LogP contribution in [0.15, 0.2) is 40.8 Å². The fraction of sp³-hybridized carbons (Fsp3) is 0.316. The van der Waals surface area contributed by atoms with Crippen LogP contribution in [0.25, 0.3) is 20.7 Å². The molecule has 0 spiro atoms. The van der Waals surface area contributed by atoms with Gasteiger partial charge < -0.3 is 4.90 Å². The zero-order chi connectivity index (χ0) is 18.8. The number of amides is 1. The van der Waals surface area contributed by atoms with Crippen LogP contribution in [0.2, 0.25) is 0 Å². The highest BCUT2D eigenvalue weighted by molar-refractivity contribution is 7.19. The molecular formula is C19H21N3O2S2. The van der Waals surface area contributed by atoms with Gasteiger partial charge >= 0.3 is 0 Å². The van der Waals surface area contributed by atoms with Gasteiger partial charge in [-0.25, -0.2) is 4.98 Å². The summed E-state index contributed by atoms with van der Waals surface area (Å²) in [7, 11) is 0. The lowest BCUT2D eigenvalue weighted by Gasteiger charge is -2.21. The molecule has 1 amide bonds. The van der Waals surface area contributed by atoms with E-state index in [-0.39, 0.29) is 18.0 Å². The van der Waals surface area contributed by atoms with Gasteiger partial charge in [0.15, 0.2) is 0 Å². The van der Waals surface area contributed by atoms with Crippen molar-refractivity contribution in [2.45, 2.75) is 27.3 Å². The molecule has 0 saturated carbocycles. The molecule has 0 radical (unpaired) electrons. The molecule has 0 aliphatic heterocycles. The average Bonchev–Trinajstić information content (AvgIpc) is 3.21. The Labute approximate surface area is 160 Å². The Morgan fingerprint density at radius 2 is 2.15 bits per heavy atom. The molecule has 7 heteroatoms. The molecule has 3 rings (SSSR count). The third-order valence-corrected chi connectivity index (χ3v) is 5.99. The van der Waals surface area contributed by atoms with Crippen molar-refractivity contribution in [1.82, 2.24) is 14.5 Å². The molecular weight excluding hydrogens is 366 g/mol. The number of hydrogen-bond acceptors (Lipinski definition) is 5. The van der Waals surface area contributed by atoms with Crippen LogP contribution in [0.1, 0.15) is 18.7 Å². The van der Waals surface area contributed by atoms with Gasteiger partial charge in [-0.05, 0) is 32.9 Å². The van der Waals surface area contributed by atoms with Crippen LogP contribution >= 0.6 is 22.7 Å². The predicted molar refractivity (Wildman–Crippen MR) is 109 cm³/mol. The van der Waals surface area contributed by atoms with Gasteiger partial charge in [0.2, 0.25) is 5.91 Å². The normalized spacial score (nSPS) is 11.0. The number of nitrogens with zero attached hydrogens (tertiary/aromatic N) is 3. The van der Waals surface area contributed by atoms with Gasteiger partial charge in [-0.1, -0.05) is 12.2 Å². The molecule has 0 aliphatic rings. The van der Waals surface area contributed by atoms with E-state index in [0.29, 0.717) is 23.3 Å². The zero-order valence-corrected chi connectivity index (χ0v) is 16.7. The minimum atomic E-state index is -0.169. The third-order valence-electron chi connectivity index (χ3n) is 4.07. The lowest BCUT2D eigenvalue weighted by atomic mass is 10.2. The molecule has 3 heterocycles. The van der Waals surface area contributed by atoms with E-state index in [1.54, 1.807) is 16.2 Å². The number of rotatable bonds is 6. The van der Waals surface area contributed by atoms with Crippen molar-refractivity contribution >= 4 is 38.8 Å². The number of aryl methyl sites for hydroxylation is 1. The molecule has 5 nitrogen and oxygen atoms in total. The lowest BCUT2D eigenvalue weighted by molar-refractivity contribution is -0.131. The molecule has 0 unspecified atom stereocenters. The van der Waals surface area contributed by atoms with E-state index >= 15 is 0 Å². The summed E-state index contributed by atoms with van der Waals surface area (Å²) in [5, 5.41) is 2.56. The molecule has 0 bridgehead atoms. The van der Waals surface area contributed by atoms with E-state index < -0.39 is 0 Å². The predicted octanol–water partition coefficient (Wildman–Crippen LogP) is 3.92. The molecule has 26 heavy (non-hydrogen) atoms. The Hall–Kier alpha value is -2.25. The van der Waals surface area contributed by atoms with Gasteiger partial charge in [-0.3, -0.25) is 14.2 Å². The van der Waals surface area contributed by atoms with Gasteiger partial charge in [-0.2, -0.15) is 0 Å². The summed E-state index contributed by atoms with van der Waals surface area (Å²) in [6.07, 6.45) is 1.47. The van der Waals surface area contributed by atoms with Crippen molar-refractivity contribution in [1.29, 1.82) is 0 Å². The summed E-state index contributed by atoms with van der Waals surface area (Å²) in [5.74, 6) is -0.109. The number of aromatic nitrogens is 2. The number of carbonyl (C=O) groups excluding carboxylic acids is 1. The molecule has 0 aromatic carbocycles. The first-order chi connectivity index (χ1) is 12.4. The number of hydrogen-bond donors (Lipinski definition) is 0. The van der Waals surface area contributed by atoms with E-state index in [9.17, 15) is 9.59 Å². The van der Waals surface area contributed by atoms with E-state index in [2.05, 4.69) is 11.6 Å². The monoisotopic (exact) mass is 387 g/mol. The Bertz CT molecular complexity index is 1030. The molecule has 0 aliphatic carbocycles. The Balaban J connectivity index is 1.98. The Morgan fingerprint density at radius 3 is 2.77 bits per heavy atom. The number of likely N-dealkylation sites (N-methyl/N-ethyl adjacent to an activating group) is 1. The van der Waals surface area contributed by atoms with E-state index in [4.69, 9.17) is 0 Å². The van der Waals surface area contributed by atoms with Crippen molar-refractivity contribution in [2.75, 3.05) is 13.1 Å². The first-order valence-corrected chi connectivity index (χ1v) is 10.1. The summed E-state index contributed by atoms with van der Waals surface area (Å²) in [5.41, 5.74) is 1.64. The highest BCUT2D eigenvalue weighted by atomic mass is 32.1. The number of thiophene rings is 2. The second kappa shape index (κ2) is 7.55. The highest BCUT2D eigenvalue weighted by Crippen LogP contribution is 2.34. The van der Waals surface area contributed by atoms with Crippen molar-refractivity contribution in [3.05, 3.63) is 51.2 Å². The maximum absolute atomic E-state index is 13.0. The van der Waals surface area contributed by atoms with Crippen LogP contribution in [0.4, 0.5) is 0 Å². The summed E-state index contributed by atoms with van der Waals surface area (Å²) in [6.45, 7) is 10.8. The maximum atomic E-state index is 13.0. The summed E-state index contributed by atoms with van der Waals surface area (Å²) in [6, 6.07) is 4.06. The maximum Gasteiger partial charge on any atom is 0.263 e. The van der Waals surface area contributed by atoms with Gasteiger partial charge in [0.05, 0.1) is 11.7 Å². The van der Waals surface area contributed by atoms with Crippen LogP contribution in [0.5, 0.6) is 0 Å². The fourth-order valence-corrected chi connectivity index (χ4v) is 4.65. The Kier molecular flexibility index (Phi) is 5.38. The first kappa shape index (κ1) is 18.5. The number of fused-ring (bicyclic) bond motifs is 1. The topological polar surface area (TPSA) is 55.2 Å². The van der Waals surface area contributed by atoms with E-state index in [0.717, 1.165) is 16.0 Å². The van der Waals surface area contributed by atoms with Crippen molar-refractivity contribution < 1.29 is 4.79 Å². The average molecular weight is 388 g/mol. The van der Waals surface area contributed by atoms with Crippen LogP contribution < -0.4 is 5.56 Å². The van der Waals surface area contributed by atoms with Crippen LogP contribution in [0.3, 0.4) is 0 Å². The first-order valence-electron chi connectivity index (χ1n) is 8.36. The van der Waals surface area contributed by atoms with E-state index in [1.165, 1.54) is 27.1 Å². The third kappa shape index (κ3) is 3.64. The summed E-state index contributed by atoms with van der Waals surface area (Å²) >= 11 is 3.10. The highest BCUT2D eigenvalue weighted by Gasteiger charge is 2.17. The molecule has 0 fully saturated rings. The Morgan fingerprint density at radius 1 is 1.38 bits per heavy atom. The molecule has 0 saturated heterocycles. The molecule has 0 N–H and O–H groups in total. The second-order valence-electron chi connectivity index (χ2n) is 6.28. The molecule has 3 aromatic rings. The minimum Gasteiger partial charge on any atom is -0.337 e. The van der Waals surface area contributed by atoms with Crippen LogP contribution in [-0.2, 0) is 11.3 Å². The summed E-state index contributed by atoms with van der Waals surface area (Å²) < 4.78 is 1.41. The number of carbonyl (C=O) groups is 1. The standard InChI is InChI=1S/C19H21N3O2S2/c1-5-21(8-12(2)3)16(23)9-22-11-20-18-17(19(22)24)14(10-25-18)15-7-6-13(4)26-15/h6-7,10-11H,2,5,8-9H2,1,3-4H3. The molecule has 136 valence electrons.